The molecule has 0 bridgehead atoms. The molecule has 0 amide bonds. The minimum atomic E-state index is -0.310. The second kappa shape index (κ2) is 6.54. The monoisotopic (exact) mass is 319 g/mol. The summed E-state index contributed by atoms with van der Waals surface area (Å²) in [6.07, 6.45) is 0. The van der Waals surface area contributed by atoms with Gasteiger partial charge in [0, 0.05) is 5.56 Å². The molecule has 3 aromatic carbocycles. The van der Waals surface area contributed by atoms with Crippen molar-refractivity contribution in [3.05, 3.63) is 82.4 Å². The Balaban J connectivity index is 2.19. The van der Waals surface area contributed by atoms with E-state index in [1.54, 1.807) is 14.0 Å². The van der Waals surface area contributed by atoms with Gasteiger partial charge in [-0.2, -0.15) is 0 Å². The first-order valence-electron chi connectivity index (χ1n) is 7.59. The molecule has 0 atom stereocenters. The summed E-state index contributed by atoms with van der Waals surface area (Å²) >= 11 is 0. The summed E-state index contributed by atoms with van der Waals surface area (Å²) < 4.78 is 5.18. The van der Waals surface area contributed by atoms with Crippen molar-refractivity contribution in [2.75, 3.05) is 7.11 Å². The summed E-state index contributed by atoms with van der Waals surface area (Å²) in [7, 11) is 1.62. The van der Waals surface area contributed by atoms with E-state index in [4.69, 9.17) is 4.74 Å². The first-order chi connectivity index (χ1) is 11.6. The lowest BCUT2D eigenvalue weighted by Gasteiger charge is -2.10. The van der Waals surface area contributed by atoms with Crippen LogP contribution >= 0.6 is 0 Å². The zero-order valence-electron chi connectivity index (χ0n) is 13.5. The van der Waals surface area contributed by atoms with Gasteiger partial charge in [-0.3, -0.25) is 10.1 Å². The van der Waals surface area contributed by atoms with Crippen LogP contribution in [0, 0.1) is 17.0 Å². The molecule has 3 aromatic rings. The lowest BCUT2D eigenvalue weighted by atomic mass is 9.94. The molecule has 0 heterocycles. The predicted octanol–water partition coefficient (Wildman–Crippen LogP) is 5.25. The van der Waals surface area contributed by atoms with Crippen LogP contribution in [0.15, 0.2) is 66.7 Å². The first-order valence-corrected chi connectivity index (χ1v) is 7.59. The fourth-order valence-corrected chi connectivity index (χ4v) is 2.81. The average molecular weight is 319 g/mol. The highest BCUT2D eigenvalue weighted by Gasteiger charge is 2.20. The Hall–Kier alpha value is -3.14. The molecule has 0 unspecified atom stereocenters. The van der Waals surface area contributed by atoms with E-state index in [9.17, 15) is 10.1 Å². The lowest BCUT2D eigenvalue weighted by molar-refractivity contribution is -0.384. The molecule has 4 nitrogen and oxygen atoms in total. The summed E-state index contributed by atoms with van der Waals surface area (Å²) in [6, 6.07) is 20.8. The van der Waals surface area contributed by atoms with Crippen LogP contribution in [0.4, 0.5) is 5.69 Å². The maximum absolute atomic E-state index is 11.5. The van der Waals surface area contributed by atoms with Gasteiger partial charge >= 0.3 is 0 Å². The van der Waals surface area contributed by atoms with E-state index in [0.717, 1.165) is 22.4 Å². The molecule has 0 fully saturated rings. The number of nitro benzene ring substituents is 1. The normalized spacial score (nSPS) is 10.4. The Morgan fingerprint density at radius 2 is 1.54 bits per heavy atom. The van der Waals surface area contributed by atoms with Gasteiger partial charge in [0.2, 0.25) is 0 Å². The molecule has 120 valence electrons. The molecule has 0 aliphatic carbocycles. The molecule has 0 spiro atoms. The van der Waals surface area contributed by atoms with Crippen molar-refractivity contribution in [3.63, 3.8) is 0 Å². The Morgan fingerprint density at radius 3 is 2.12 bits per heavy atom. The summed E-state index contributed by atoms with van der Waals surface area (Å²) in [4.78, 5) is 11.2. The van der Waals surface area contributed by atoms with E-state index in [1.165, 1.54) is 0 Å². The lowest BCUT2D eigenvalue weighted by Crippen LogP contribution is -1.96. The number of ether oxygens (including phenoxy) is 1. The molecule has 0 aromatic heterocycles. The van der Waals surface area contributed by atoms with Gasteiger partial charge in [0.25, 0.3) is 5.69 Å². The van der Waals surface area contributed by atoms with Crippen LogP contribution < -0.4 is 4.74 Å². The molecular formula is C20H17NO3. The van der Waals surface area contributed by atoms with Crippen LogP contribution in [-0.2, 0) is 0 Å². The van der Waals surface area contributed by atoms with Gasteiger partial charge in [-0.1, -0.05) is 42.5 Å². The van der Waals surface area contributed by atoms with Gasteiger partial charge in [0.15, 0.2) is 0 Å². The highest BCUT2D eigenvalue weighted by molar-refractivity contribution is 5.82. The third kappa shape index (κ3) is 2.99. The zero-order chi connectivity index (χ0) is 17.1. The van der Waals surface area contributed by atoms with Crippen molar-refractivity contribution >= 4 is 5.69 Å². The van der Waals surface area contributed by atoms with Gasteiger partial charge in [-0.25, -0.2) is 0 Å². The molecule has 3 rings (SSSR count). The Labute approximate surface area is 140 Å². The van der Waals surface area contributed by atoms with Crippen LogP contribution in [0.25, 0.3) is 22.3 Å². The fraction of sp³-hybridized carbons (Fsp3) is 0.100. The summed E-state index contributed by atoms with van der Waals surface area (Å²) in [6.45, 7) is 1.78. The van der Waals surface area contributed by atoms with E-state index in [-0.39, 0.29) is 10.6 Å². The zero-order valence-corrected chi connectivity index (χ0v) is 13.5. The second-order valence-corrected chi connectivity index (χ2v) is 5.54. The molecular weight excluding hydrogens is 302 g/mol. The van der Waals surface area contributed by atoms with Gasteiger partial charge in [-0.15, -0.1) is 0 Å². The number of hydrogen-bond donors (Lipinski definition) is 0. The number of aryl methyl sites for hydroxylation is 1. The first kappa shape index (κ1) is 15.7. The summed E-state index contributed by atoms with van der Waals surface area (Å²) in [5.41, 5.74) is 4.20. The van der Waals surface area contributed by atoms with Crippen LogP contribution in [0.1, 0.15) is 5.56 Å². The van der Waals surface area contributed by atoms with Crippen molar-refractivity contribution in [1.29, 1.82) is 0 Å². The highest BCUT2D eigenvalue weighted by atomic mass is 16.6. The third-order valence-electron chi connectivity index (χ3n) is 3.99. The molecule has 0 radical (unpaired) electrons. The molecule has 0 N–H and O–H groups in total. The quantitative estimate of drug-likeness (QED) is 0.488. The standard InChI is InChI=1S/C20H17NO3/c1-14-12-17(15-8-10-18(24-2)11-9-15)13-19(20(14)21(22)23)16-6-4-3-5-7-16/h3-13H,1-2H3. The molecule has 24 heavy (non-hydrogen) atoms. The van der Waals surface area contributed by atoms with Gasteiger partial charge in [-0.05, 0) is 47.9 Å². The SMILES string of the molecule is COc1ccc(-c2cc(C)c([N+](=O)[O-])c(-c3ccccc3)c2)cc1. The Bertz CT molecular complexity index is 871. The molecule has 0 saturated carbocycles. The van der Waals surface area contributed by atoms with Gasteiger partial charge < -0.3 is 4.74 Å². The van der Waals surface area contributed by atoms with E-state index < -0.39 is 0 Å². The van der Waals surface area contributed by atoms with Crippen molar-refractivity contribution in [2.45, 2.75) is 6.92 Å². The second-order valence-electron chi connectivity index (χ2n) is 5.54. The van der Waals surface area contributed by atoms with Crippen LogP contribution in [0.2, 0.25) is 0 Å². The molecule has 4 heteroatoms. The minimum Gasteiger partial charge on any atom is -0.497 e. The number of hydrogen-bond acceptors (Lipinski definition) is 3. The number of nitrogens with zero attached hydrogens (tertiary/aromatic N) is 1. The summed E-state index contributed by atoms with van der Waals surface area (Å²) in [5, 5.41) is 11.5. The maximum Gasteiger partial charge on any atom is 0.280 e. The smallest absolute Gasteiger partial charge is 0.280 e. The topological polar surface area (TPSA) is 52.4 Å². The number of rotatable bonds is 4. The predicted molar refractivity (Wildman–Crippen MR) is 95.3 cm³/mol. The van der Waals surface area contributed by atoms with Crippen molar-refractivity contribution < 1.29 is 9.66 Å². The van der Waals surface area contributed by atoms with Crippen molar-refractivity contribution in [3.8, 4) is 28.0 Å². The van der Waals surface area contributed by atoms with E-state index in [2.05, 4.69) is 0 Å². The van der Waals surface area contributed by atoms with E-state index >= 15 is 0 Å². The number of nitro groups is 1. The van der Waals surface area contributed by atoms with Crippen LogP contribution in [-0.4, -0.2) is 12.0 Å². The number of benzene rings is 3. The van der Waals surface area contributed by atoms with E-state index in [0.29, 0.717) is 11.1 Å². The average Bonchev–Trinajstić information content (AvgIpc) is 2.61. The Morgan fingerprint density at radius 1 is 0.875 bits per heavy atom. The Kier molecular flexibility index (Phi) is 4.29. The third-order valence-corrected chi connectivity index (χ3v) is 3.99. The highest BCUT2D eigenvalue weighted by Crippen LogP contribution is 2.37. The van der Waals surface area contributed by atoms with Crippen LogP contribution in [0.5, 0.6) is 5.75 Å². The fourth-order valence-electron chi connectivity index (χ4n) is 2.81. The molecule has 0 aliphatic heterocycles. The minimum absolute atomic E-state index is 0.151. The summed E-state index contributed by atoms with van der Waals surface area (Å²) in [5.74, 6) is 0.778. The number of methoxy groups -OCH3 is 1. The molecule has 0 saturated heterocycles. The largest absolute Gasteiger partial charge is 0.497 e. The van der Waals surface area contributed by atoms with Crippen LogP contribution in [0.3, 0.4) is 0 Å². The molecule has 0 aliphatic rings. The maximum atomic E-state index is 11.5. The van der Waals surface area contributed by atoms with E-state index in [1.807, 2.05) is 66.7 Å². The van der Waals surface area contributed by atoms with Gasteiger partial charge in [0.05, 0.1) is 17.6 Å². The van der Waals surface area contributed by atoms with Crippen molar-refractivity contribution in [2.24, 2.45) is 0 Å². The van der Waals surface area contributed by atoms with Crippen molar-refractivity contribution in [1.82, 2.24) is 0 Å². The van der Waals surface area contributed by atoms with Gasteiger partial charge in [0.1, 0.15) is 5.75 Å².